The highest BCUT2D eigenvalue weighted by atomic mass is 19.4. The van der Waals surface area contributed by atoms with Crippen LogP contribution in [0.5, 0.6) is 5.75 Å². The molecule has 0 bridgehead atoms. The average Bonchev–Trinajstić information content (AvgIpc) is 2.66. The van der Waals surface area contributed by atoms with Gasteiger partial charge in [0.05, 0.1) is 5.56 Å². The summed E-state index contributed by atoms with van der Waals surface area (Å²) in [5.41, 5.74) is 1.58. The molecule has 0 aliphatic carbocycles. The van der Waals surface area contributed by atoms with Gasteiger partial charge in [0.1, 0.15) is 5.75 Å². The van der Waals surface area contributed by atoms with Gasteiger partial charge in [0.2, 0.25) is 5.95 Å². The number of anilines is 2. The zero-order chi connectivity index (χ0) is 19.8. The number of rotatable bonds is 4. The van der Waals surface area contributed by atoms with Crippen LogP contribution >= 0.6 is 0 Å². The van der Waals surface area contributed by atoms with Crippen molar-refractivity contribution in [2.45, 2.75) is 19.2 Å². The van der Waals surface area contributed by atoms with Gasteiger partial charge in [-0.2, -0.15) is 0 Å². The molecule has 2 aromatic rings. The topological polar surface area (TPSA) is 58.6 Å². The van der Waals surface area contributed by atoms with Crippen LogP contribution in [0.25, 0.3) is 0 Å². The van der Waals surface area contributed by atoms with Crippen LogP contribution in [0.2, 0.25) is 0 Å². The molecule has 28 heavy (non-hydrogen) atoms. The summed E-state index contributed by atoms with van der Waals surface area (Å²) in [6.07, 6.45) is 1.09. The highest BCUT2D eigenvalue weighted by Crippen LogP contribution is 2.43. The Labute approximate surface area is 159 Å². The van der Waals surface area contributed by atoms with E-state index in [9.17, 15) is 18.0 Å². The first-order valence-corrected chi connectivity index (χ1v) is 8.99. The molecule has 0 N–H and O–H groups in total. The van der Waals surface area contributed by atoms with Gasteiger partial charge in [-0.25, -0.2) is 9.97 Å². The van der Waals surface area contributed by atoms with Gasteiger partial charge < -0.3 is 14.5 Å². The summed E-state index contributed by atoms with van der Waals surface area (Å²) in [5, 5.41) is 0. The fourth-order valence-electron chi connectivity index (χ4n) is 3.86. The summed E-state index contributed by atoms with van der Waals surface area (Å²) >= 11 is 0. The minimum Gasteiger partial charge on any atom is -0.406 e. The molecule has 3 heterocycles. The molecule has 0 amide bonds. The minimum absolute atomic E-state index is 0.208. The maximum atomic E-state index is 12.2. The molecule has 2 aliphatic rings. The number of carbonyl (C=O) groups is 1. The number of piperidine rings is 1. The lowest BCUT2D eigenvalue weighted by molar-refractivity contribution is -0.274. The molecule has 0 saturated carbocycles. The Kier molecular flexibility index (Phi) is 4.60. The monoisotopic (exact) mass is 392 g/mol. The van der Waals surface area contributed by atoms with E-state index in [1.54, 1.807) is 12.1 Å². The van der Waals surface area contributed by atoms with E-state index < -0.39 is 6.36 Å². The molecular formula is C19H19F3N4O2. The van der Waals surface area contributed by atoms with E-state index in [2.05, 4.69) is 24.5 Å². The second kappa shape index (κ2) is 6.96. The molecule has 2 fully saturated rings. The van der Waals surface area contributed by atoms with Crippen molar-refractivity contribution in [3.63, 3.8) is 0 Å². The highest BCUT2D eigenvalue weighted by Gasteiger charge is 2.45. The van der Waals surface area contributed by atoms with Crippen molar-refractivity contribution in [2.24, 2.45) is 5.41 Å². The summed E-state index contributed by atoms with van der Waals surface area (Å²) in [4.78, 5) is 23.5. The van der Waals surface area contributed by atoms with Crippen LogP contribution in [0.1, 0.15) is 23.2 Å². The van der Waals surface area contributed by atoms with E-state index >= 15 is 0 Å². The molecule has 0 unspecified atom stereocenters. The number of hydrogen-bond donors (Lipinski definition) is 0. The van der Waals surface area contributed by atoms with Crippen LogP contribution in [0, 0.1) is 5.41 Å². The van der Waals surface area contributed by atoms with Gasteiger partial charge in [-0.1, -0.05) is 0 Å². The van der Waals surface area contributed by atoms with Gasteiger partial charge in [-0.05, 0) is 37.1 Å². The fourth-order valence-corrected chi connectivity index (χ4v) is 3.86. The number of alkyl halides is 3. The molecule has 0 radical (unpaired) electrons. The number of ether oxygens (including phenoxy) is 1. The Morgan fingerprint density at radius 2 is 1.61 bits per heavy atom. The van der Waals surface area contributed by atoms with Crippen molar-refractivity contribution in [3.8, 4) is 5.75 Å². The lowest BCUT2D eigenvalue weighted by Crippen LogP contribution is -2.60. The lowest BCUT2D eigenvalue weighted by Gasteiger charge is -2.55. The van der Waals surface area contributed by atoms with Gasteiger partial charge in [0.25, 0.3) is 0 Å². The highest BCUT2D eigenvalue weighted by molar-refractivity contribution is 5.73. The molecule has 0 atom stereocenters. The summed E-state index contributed by atoms with van der Waals surface area (Å²) in [6, 6.07) is 6.00. The summed E-state index contributed by atoms with van der Waals surface area (Å²) in [7, 11) is 0. The molecular weight excluding hydrogens is 373 g/mol. The van der Waals surface area contributed by atoms with E-state index in [0.29, 0.717) is 11.5 Å². The SMILES string of the molecule is O=Cc1cnc(N2CCC3(CC2)CN(c2ccc(OC(F)(F)F)cc2)C3)nc1. The third-order valence-corrected chi connectivity index (χ3v) is 5.39. The van der Waals surface area contributed by atoms with Crippen LogP contribution in [0.3, 0.4) is 0 Å². The molecule has 1 spiro atoms. The third kappa shape index (κ3) is 3.88. The number of benzene rings is 1. The summed E-state index contributed by atoms with van der Waals surface area (Å²) < 4.78 is 40.7. The molecule has 2 saturated heterocycles. The molecule has 1 aromatic carbocycles. The van der Waals surface area contributed by atoms with Gasteiger partial charge >= 0.3 is 6.36 Å². The number of halogens is 3. The standard InChI is InChI=1S/C19H19F3N4O2/c20-19(21,22)28-16-3-1-15(2-4-16)26-12-18(13-26)5-7-25(8-6-18)17-23-9-14(11-27)10-24-17/h1-4,9-11H,5-8,12-13H2. The Bertz CT molecular complexity index is 824. The van der Waals surface area contributed by atoms with Crippen LogP contribution < -0.4 is 14.5 Å². The second-order valence-electron chi connectivity index (χ2n) is 7.32. The van der Waals surface area contributed by atoms with Crippen molar-refractivity contribution in [2.75, 3.05) is 36.0 Å². The van der Waals surface area contributed by atoms with Crippen LogP contribution in [0.4, 0.5) is 24.8 Å². The van der Waals surface area contributed by atoms with E-state index in [-0.39, 0.29) is 11.2 Å². The summed E-state index contributed by atoms with van der Waals surface area (Å²) in [5.74, 6) is 0.428. The number of nitrogens with zero attached hydrogens (tertiary/aromatic N) is 4. The van der Waals surface area contributed by atoms with Gasteiger partial charge in [-0.3, -0.25) is 4.79 Å². The second-order valence-corrected chi connectivity index (χ2v) is 7.32. The predicted octanol–water partition coefficient (Wildman–Crippen LogP) is 3.29. The molecule has 1 aromatic heterocycles. The zero-order valence-electron chi connectivity index (χ0n) is 15.0. The largest absolute Gasteiger partial charge is 0.573 e. The predicted molar refractivity (Wildman–Crippen MR) is 96.6 cm³/mol. The van der Waals surface area contributed by atoms with Gasteiger partial charge in [0.15, 0.2) is 6.29 Å². The maximum absolute atomic E-state index is 12.2. The quantitative estimate of drug-likeness (QED) is 0.745. The zero-order valence-corrected chi connectivity index (χ0v) is 15.0. The van der Waals surface area contributed by atoms with Crippen molar-refractivity contribution in [1.29, 1.82) is 0 Å². The number of aromatic nitrogens is 2. The Hall–Kier alpha value is -2.84. The first-order chi connectivity index (χ1) is 13.4. The Balaban J connectivity index is 1.31. The summed E-state index contributed by atoms with van der Waals surface area (Å²) in [6.45, 7) is 3.44. The van der Waals surface area contributed by atoms with Gasteiger partial charge in [-0.15, -0.1) is 13.2 Å². The van der Waals surface area contributed by atoms with Crippen molar-refractivity contribution in [1.82, 2.24) is 9.97 Å². The number of hydrogen-bond acceptors (Lipinski definition) is 6. The van der Waals surface area contributed by atoms with Crippen molar-refractivity contribution < 1.29 is 22.7 Å². The average molecular weight is 392 g/mol. The van der Waals surface area contributed by atoms with E-state index in [1.807, 2.05) is 0 Å². The van der Waals surface area contributed by atoms with Crippen molar-refractivity contribution >= 4 is 17.9 Å². The number of carbonyl (C=O) groups excluding carboxylic acids is 1. The van der Waals surface area contributed by atoms with E-state index in [0.717, 1.165) is 51.0 Å². The smallest absolute Gasteiger partial charge is 0.406 e. The first-order valence-electron chi connectivity index (χ1n) is 8.99. The van der Waals surface area contributed by atoms with Gasteiger partial charge in [0, 0.05) is 49.7 Å². The maximum Gasteiger partial charge on any atom is 0.573 e. The molecule has 148 valence electrons. The Morgan fingerprint density at radius 1 is 1.00 bits per heavy atom. The Morgan fingerprint density at radius 3 is 2.14 bits per heavy atom. The lowest BCUT2D eigenvalue weighted by atomic mass is 9.72. The van der Waals surface area contributed by atoms with Crippen LogP contribution in [-0.2, 0) is 0 Å². The molecule has 9 heteroatoms. The fraction of sp³-hybridized carbons (Fsp3) is 0.421. The first kappa shape index (κ1) is 18.5. The molecule has 2 aliphatic heterocycles. The third-order valence-electron chi connectivity index (χ3n) is 5.39. The van der Waals surface area contributed by atoms with Crippen LogP contribution in [0.15, 0.2) is 36.7 Å². The molecule has 4 rings (SSSR count). The minimum atomic E-state index is -4.67. The van der Waals surface area contributed by atoms with Crippen LogP contribution in [-0.4, -0.2) is 48.8 Å². The van der Waals surface area contributed by atoms with E-state index in [4.69, 9.17) is 0 Å². The number of aldehydes is 1. The normalized spacial score (nSPS) is 18.7. The molecule has 6 nitrogen and oxygen atoms in total. The van der Waals surface area contributed by atoms with Crippen molar-refractivity contribution in [3.05, 3.63) is 42.2 Å². The van der Waals surface area contributed by atoms with E-state index in [1.165, 1.54) is 24.5 Å².